The molecule has 0 aliphatic carbocycles. The van der Waals surface area contributed by atoms with Gasteiger partial charge in [-0.1, -0.05) is 38.8 Å². The Morgan fingerprint density at radius 2 is 1.96 bits per heavy atom. The van der Waals surface area contributed by atoms with Crippen molar-refractivity contribution in [3.8, 4) is 0 Å². The Hall–Kier alpha value is -1.92. The maximum absolute atomic E-state index is 13.3. The normalized spacial score (nSPS) is 31.8. The third kappa shape index (κ3) is 2.39. The molecule has 144 valence electrons. The Kier molecular flexibility index (Phi) is 4.31. The Balaban J connectivity index is 1.86. The van der Waals surface area contributed by atoms with E-state index in [1.54, 1.807) is 18.2 Å². The monoisotopic (exact) mass is 389 g/mol. The molecule has 3 aliphatic rings. The van der Waals surface area contributed by atoms with E-state index in [0.717, 1.165) is 12.8 Å². The van der Waals surface area contributed by atoms with Crippen molar-refractivity contribution >= 4 is 35.0 Å². The quantitative estimate of drug-likeness (QED) is 0.775. The van der Waals surface area contributed by atoms with Crippen molar-refractivity contribution in [1.29, 1.82) is 0 Å². The van der Waals surface area contributed by atoms with Crippen molar-refractivity contribution in [2.45, 2.75) is 45.2 Å². The van der Waals surface area contributed by atoms with Crippen LogP contribution in [0, 0.1) is 17.8 Å². The number of nitrogens with one attached hydrogen (secondary N) is 2. The maximum atomic E-state index is 13.3. The molecule has 27 heavy (non-hydrogen) atoms. The van der Waals surface area contributed by atoms with Crippen molar-refractivity contribution in [1.82, 2.24) is 10.2 Å². The minimum atomic E-state index is -1.24. The smallest absolute Gasteiger partial charge is 0.250 e. The van der Waals surface area contributed by atoms with E-state index < -0.39 is 17.4 Å². The summed E-state index contributed by atoms with van der Waals surface area (Å²) in [4.78, 5) is 41.0. The van der Waals surface area contributed by atoms with Gasteiger partial charge in [-0.15, -0.1) is 0 Å². The van der Waals surface area contributed by atoms with Gasteiger partial charge in [-0.3, -0.25) is 24.6 Å². The topological polar surface area (TPSA) is 78.5 Å². The van der Waals surface area contributed by atoms with Gasteiger partial charge < -0.3 is 5.32 Å². The summed E-state index contributed by atoms with van der Waals surface area (Å²) in [7, 11) is 0. The van der Waals surface area contributed by atoms with Gasteiger partial charge in [0.25, 0.3) is 0 Å². The zero-order valence-corrected chi connectivity index (χ0v) is 16.5. The van der Waals surface area contributed by atoms with E-state index in [2.05, 4.69) is 10.6 Å². The number of rotatable bonds is 4. The van der Waals surface area contributed by atoms with Gasteiger partial charge in [0.05, 0.1) is 11.8 Å². The first-order valence-corrected chi connectivity index (χ1v) is 9.95. The molecule has 6 nitrogen and oxygen atoms in total. The molecule has 2 N–H and O–H groups in total. The summed E-state index contributed by atoms with van der Waals surface area (Å²) in [6.07, 6.45) is 1.65. The average molecular weight is 390 g/mol. The van der Waals surface area contributed by atoms with E-state index in [1.807, 2.05) is 20.8 Å². The first-order valence-electron chi connectivity index (χ1n) is 9.57. The number of likely N-dealkylation sites (tertiary alicyclic amines) is 1. The molecule has 2 fully saturated rings. The van der Waals surface area contributed by atoms with E-state index >= 15 is 0 Å². The number of amides is 3. The Morgan fingerprint density at radius 1 is 1.22 bits per heavy atom. The van der Waals surface area contributed by atoms with Crippen molar-refractivity contribution in [3.63, 3.8) is 0 Å². The Morgan fingerprint density at radius 3 is 2.63 bits per heavy atom. The molecule has 0 unspecified atom stereocenters. The Bertz CT molecular complexity index is 840. The zero-order chi connectivity index (χ0) is 19.5. The highest BCUT2D eigenvalue weighted by Gasteiger charge is 2.70. The van der Waals surface area contributed by atoms with Crippen LogP contribution in [0.15, 0.2) is 18.2 Å². The lowest BCUT2D eigenvalue weighted by Crippen LogP contribution is -2.54. The van der Waals surface area contributed by atoms with Gasteiger partial charge in [0.1, 0.15) is 5.54 Å². The van der Waals surface area contributed by atoms with Crippen LogP contribution in [0.25, 0.3) is 0 Å². The summed E-state index contributed by atoms with van der Waals surface area (Å²) >= 11 is 6.21. The molecule has 0 bridgehead atoms. The second-order valence-corrected chi connectivity index (χ2v) is 8.49. The molecule has 0 aromatic heterocycles. The molecule has 4 atom stereocenters. The van der Waals surface area contributed by atoms with E-state index in [-0.39, 0.29) is 29.7 Å². The third-order valence-corrected chi connectivity index (χ3v) is 6.39. The third-order valence-electron chi connectivity index (χ3n) is 6.16. The molecule has 3 heterocycles. The van der Waals surface area contributed by atoms with Gasteiger partial charge in [0, 0.05) is 28.9 Å². The van der Waals surface area contributed by atoms with Crippen molar-refractivity contribution in [2.75, 3.05) is 11.9 Å². The molecule has 1 spiro atoms. The van der Waals surface area contributed by atoms with Gasteiger partial charge in [-0.2, -0.15) is 0 Å². The molecular weight excluding hydrogens is 366 g/mol. The fourth-order valence-electron chi connectivity index (χ4n) is 4.88. The lowest BCUT2D eigenvalue weighted by atomic mass is 9.76. The van der Waals surface area contributed by atoms with Crippen LogP contribution in [0.2, 0.25) is 5.02 Å². The van der Waals surface area contributed by atoms with E-state index in [9.17, 15) is 14.4 Å². The van der Waals surface area contributed by atoms with Crippen LogP contribution in [-0.2, 0) is 19.9 Å². The van der Waals surface area contributed by atoms with Gasteiger partial charge in [0.15, 0.2) is 0 Å². The number of carbonyl (C=O) groups is 3. The highest BCUT2D eigenvalue weighted by atomic mass is 35.5. The molecule has 2 saturated heterocycles. The van der Waals surface area contributed by atoms with Crippen molar-refractivity contribution < 1.29 is 14.4 Å². The summed E-state index contributed by atoms with van der Waals surface area (Å²) < 4.78 is 0. The molecule has 3 amide bonds. The lowest BCUT2D eigenvalue weighted by molar-refractivity contribution is -0.143. The number of carbonyl (C=O) groups excluding carboxylic acids is 3. The first-order chi connectivity index (χ1) is 12.8. The van der Waals surface area contributed by atoms with Crippen molar-refractivity contribution in [2.24, 2.45) is 17.8 Å². The molecule has 0 saturated carbocycles. The van der Waals surface area contributed by atoms with Gasteiger partial charge in [-0.05, 0) is 30.5 Å². The fraction of sp³-hybridized carbons (Fsp3) is 0.550. The van der Waals surface area contributed by atoms with Crippen LogP contribution in [0.5, 0.6) is 0 Å². The van der Waals surface area contributed by atoms with E-state index in [1.165, 1.54) is 4.90 Å². The molecule has 4 rings (SSSR count). The molecule has 0 radical (unpaired) electrons. The van der Waals surface area contributed by atoms with Crippen LogP contribution in [-0.4, -0.2) is 35.2 Å². The number of benzene rings is 1. The maximum Gasteiger partial charge on any atom is 0.250 e. The van der Waals surface area contributed by atoms with Crippen LogP contribution in [0.3, 0.4) is 0 Å². The van der Waals surface area contributed by atoms with Crippen LogP contribution >= 0.6 is 11.6 Å². The zero-order valence-electron chi connectivity index (χ0n) is 15.7. The summed E-state index contributed by atoms with van der Waals surface area (Å²) in [6.45, 7) is 6.44. The van der Waals surface area contributed by atoms with E-state index in [4.69, 9.17) is 11.6 Å². The highest BCUT2D eigenvalue weighted by Crippen LogP contribution is 2.54. The molecule has 1 aromatic carbocycles. The highest BCUT2D eigenvalue weighted by molar-refractivity contribution is 6.31. The van der Waals surface area contributed by atoms with Crippen LogP contribution in [0.4, 0.5) is 5.69 Å². The number of anilines is 1. The number of hydrogen-bond acceptors (Lipinski definition) is 4. The predicted molar refractivity (Wildman–Crippen MR) is 102 cm³/mol. The molecule has 7 heteroatoms. The number of halogens is 1. The summed E-state index contributed by atoms with van der Waals surface area (Å²) in [5, 5.41) is 6.78. The number of fused-ring (bicyclic) bond motifs is 4. The molecule has 1 aromatic rings. The second-order valence-electron chi connectivity index (χ2n) is 8.05. The van der Waals surface area contributed by atoms with Gasteiger partial charge in [-0.25, -0.2) is 0 Å². The Labute approximate surface area is 163 Å². The van der Waals surface area contributed by atoms with E-state index in [0.29, 0.717) is 22.8 Å². The fourth-order valence-corrected chi connectivity index (χ4v) is 5.05. The van der Waals surface area contributed by atoms with Gasteiger partial charge >= 0.3 is 0 Å². The molecule has 3 aliphatic heterocycles. The SMILES string of the molecule is CCCCN1C(=O)[C@H]2[C@@H](C1=O)[C@@]1(N[C@H]2C(C)C)C(=O)Nc2ccc(Cl)cc21. The number of imide groups is 1. The lowest BCUT2D eigenvalue weighted by Gasteiger charge is -2.30. The number of nitrogens with zero attached hydrogens (tertiary/aromatic N) is 1. The first kappa shape index (κ1) is 18.4. The van der Waals surface area contributed by atoms with Gasteiger partial charge in [0.2, 0.25) is 17.7 Å². The minimum absolute atomic E-state index is 0.0933. The average Bonchev–Trinajstić information content (AvgIpc) is 3.20. The number of hydrogen-bond donors (Lipinski definition) is 2. The predicted octanol–water partition coefficient (Wildman–Crippen LogP) is 2.52. The largest absolute Gasteiger partial charge is 0.324 e. The van der Waals surface area contributed by atoms with Crippen molar-refractivity contribution in [3.05, 3.63) is 28.8 Å². The van der Waals surface area contributed by atoms with Crippen LogP contribution in [0.1, 0.15) is 39.2 Å². The number of unbranched alkanes of at least 4 members (excludes halogenated alkanes) is 1. The summed E-state index contributed by atoms with van der Waals surface area (Å²) in [5.74, 6) is -1.88. The standard InChI is InChI=1S/C20H24ClN3O3/c1-4-5-8-24-17(25)14-15(18(24)26)20(23-16(14)10(2)3)12-9-11(21)6-7-13(12)22-19(20)27/h6-7,9-10,14-16,23H,4-5,8H2,1-3H3,(H,22,27)/t14-,15-,16-,20+/m0/s1. The minimum Gasteiger partial charge on any atom is -0.324 e. The van der Waals surface area contributed by atoms with Crippen LogP contribution < -0.4 is 10.6 Å². The second kappa shape index (κ2) is 6.31. The molecular formula is C20H24ClN3O3. The summed E-state index contributed by atoms with van der Waals surface area (Å²) in [5.41, 5.74) is 0.0667. The summed E-state index contributed by atoms with van der Waals surface area (Å²) in [6, 6.07) is 4.93.